The van der Waals surface area contributed by atoms with E-state index in [1.165, 1.54) is 18.7 Å². The first kappa shape index (κ1) is 30.0. The molecule has 0 aliphatic heterocycles. The van der Waals surface area contributed by atoms with E-state index in [1.807, 2.05) is 32.9 Å². The quantitative estimate of drug-likeness (QED) is 0.192. The summed E-state index contributed by atoms with van der Waals surface area (Å²) in [4.78, 5) is 50.6. The fraction of sp³-hybridized carbons (Fsp3) is 0.407. The molecule has 0 saturated carbocycles. The van der Waals surface area contributed by atoms with E-state index >= 15 is 0 Å². The van der Waals surface area contributed by atoms with Crippen molar-refractivity contribution in [2.24, 2.45) is 13.0 Å². The monoisotopic (exact) mass is 571 g/mol. The molecule has 0 bridgehead atoms. The molecule has 0 saturated heterocycles. The van der Waals surface area contributed by atoms with Crippen molar-refractivity contribution >= 4 is 51.7 Å². The Labute approximate surface area is 235 Å². The smallest absolute Gasteiger partial charge is 0.341 e. The summed E-state index contributed by atoms with van der Waals surface area (Å²) in [6, 6.07) is 6.93. The highest BCUT2D eigenvalue weighted by Crippen LogP contribution is 2.34. The van der Waals surface area contributed by atoms with Crippen molar-refractivity contribution in [3.8, 4) is 0 Å². The number of ketones is 1. The van der Waals surface area contributed by atoms with Crippen LogP contribution in [0.2, 0.25) is 0 Å². The number of carbonyl (C=O) groups excluding carboxylic acids is 4. The lowest BCUT2D eigenvalue weighted by Crippen LogP contribution is -2.33. The number of nitrogens with zero attached hydrogens (tertiary/aromatic N) is 3. The Morgan fingerprint density at radius 3 is 2.36 bits per heavy atom. The van der Waals surface area contributed by atoms with Crippen molar-refractivity contribution in [1.29, 1.82) is 0 Å². The summed E-state index contributed by atoms with van der Waals surface area (Å²) >= 11 is 2.22. The van der Waals surface area contributed by atoms with Gasteiger partial charge in [-0.15, -0.1) is 21.5 Å². The predicted octanol–water partition coefficient (Wildman–Crippen LogP) is 4.73. The van der Waals surface area contributed by atoms with Crippen LogP contribution < -0.4 is 10.6 Å². The normalized spacial score (nSPS) is 11.8. The van der Waals surface area contributed by atoms with Gasteiger partial charge in [-0.05, 0) is 51.3 Å². The van der Waals surface area contributed by atoms with Crippen molar-refractivity contribution in [3.05, 3.63) is 57.2 Å². The highest BCUT2D eigenvalue weighted by molar-refractivity contribution is 7.99. The van der Waals surface area contributed by atoms with Gasteiger partial charge in [0.2, 0.25) is 5.91 Å². The molecule has 0 aliphatic rings. The van der Waals surface area contributed by atoms with Crippen LogP contribution in [0.15, 0.2) is 29.4 Å². The Morgan fingerprint density at radius 1 is 1.10 bits per heavy atom. The maximum absolute atomic E-state index is 12.9. The topological polar surface area (TPSA) is 132 Å². The summed E-state index contributed by atoms with van der Waals surface area (Å²) in [6.07, 6.45) is 0. The largest absolute Gasteiger partial charge is 0.462 e. The molecule has 1 atom stereocenters. The molecule has 10 nitrogen and oxygen atoms in total. The molecule has 208 valence electrons. The van der Waals surface area contributed by atoms with Gasteiger partial charge < -0.3 is 19.9 Å². The lowest BCUT2D eigenvalue weighted by atomic mass is 10.0. The van der Waals surface area contributed by atoms with Gasteiger partial charge in [0.05, 0.1) is 28.8 Å². The first-order valence-corrected chi connectivity index (χ1v) is 14.3. The number of hydrogen-bond acceptors (Lipinski definition) is 9. The molecule has 0 unspecified atom stereocenters. The molecule has 3 rings (SSSR count). The first-order valence-electron chi connectivity index (χ1n) is 12.4. The SMILES string of the molecule is CCOC(=O)c1c(NC(=O)CSc2nnc([C@H](NC(=O)c3ccc(C)cc3)C(C)C)n2C)sc(C(C)=O)c1C. The average molecular weight is 572 g/mol. The number of amides is 2. The summed E-state index contributed by atoms with van der Waals surface area (Å²) in [6.45, 7) is 10.9. The molecule has 0 fully saturated rings. The van der Waals surface area contributed by atoms with E-state index < -0.39 is 12.0 Å². The minimum atomic E-state index is -0.591. The number of esters is 1. The number of Topliss-reactive ketones (excluding diaryl/α,β-unsaturated/α-hetero) is 1. The van der Waals surface area contributed by atoms with Gasteiger partial charge in [-0.1, -0.05) is 43.3 Å². The van der Waals surface area contributed by atoms with E-state index in [-0.39, 0.29) is 46.4 Å². The van der Waals surface area contributed by atoms with Crippen LogP contribution in [0.5, 0.6) is 0 Å². The number of thiophene rings is 1. The van der Waals surface area contributed by atoms with Crippen molar-refractivity contribution in [1.82, 2.24) is 20.1 Å². The summed E-state index contributed by atoms with van der Waals surface area (Å²) in [5.74, 6) is -0.785. The van der Waals surface area contributed by atoms with Gasteiger partial charge in [0.1, 0.15) is 5.00 Å². The van der Waals surface area contributed by atoms with Crippen molar-refractivity contribution in [2.75, 3.05) is 17.7 Å². The van der Waals surface area contributed by atoms with E-state index in [0.29, 0.717) is 27.0 Å². The molecular formula is C27H33N5O5S2. The third-order valence-electron chi connectivity index (χ3n) is 5.95. The molecule has 0 aliphatic carbocycles. The Morgan fingerprint density at radius 2 is 1.77 bits per heavy atom. The zero-order valence-electron chi connectivity index (χ0n) is 23.1. The number of ether oxygens (including phenoxy) is 1. The Bertz CT molecular complexity index is 1380. The van der Waals surface area contributed by atoms with Gasteiger partial charge in [-0.3, -0.25) is 14.4 Å². The fourth-order valence-electron chi connectivity index (χ4n) is 3.86. The Kier molecular flexibility index (Phi) is 10.0. The van der Waals surface area contributed by atoms with Gasteiger partial charge in [0, 0.05) is 12.6 Å². The second kappa shape index (κ2) is 13.0. The number of aromatic nitrogens is 3. The molecule has 39 heavy (non-hydrogen) atoms. The molecule has 2 N–H and O–H groups in total. The highest BCUT2D eigenvalue weighted by atomic mass is 32.2. The van der Waals surface area contributed by atoms with E-state index in [1.54, 1.807) is 37.6 Å². The number of hydrogen-bond donors (Lipinski definition) is 2. The number of thioether (sulfide) groups is 1. The molecule has 2 aromatic heterocycles. The Balaban J connectivity index is 1.72. The maximum atomic E-state index is 12.9. The van der Waals surface area contributed by atoms with Gasteiger partial charge in [0.15, 0.2) is 16.8 Å². The van der Waals surface area contributed by atoms with Gasteiger partial charge in [0.25, 0.3) is 5.91 Å². The molecule has 3 aromatic rings. The van der Waals surface area contributed by atoms with Crippen LogP contribution in [0.4, 0.5) is 5.00 Å². The van der Waals surface area contributed by atoms with Crippen LogP contribution in [0, 0.1) is 19.8 Å². The predicted molar refractivity (Wildman–Crippen MR) is 152 cm³/mol. The van der Waals surface area contributed by atoms with Gasteiger partial charge >= 0.3 is 5.97 Å². The standard InChI is InChI=1S/C27H33N5O5S2/c1-8-37-26(36)20-16(5)22(17(6)33)39-25(20)28-19(34)13-38-27-31-30-23(32(27)7)21(14(2)3)29-24(35)18-11-9-15(4)10-12-18/h9-12,14,21H,8,13H2,1-7H3,(H,28,34)(H,29,35)/t21-/m1/s1. The number of rotatable bonds is 11. The van der Waals surface area contributed by atoms with Crippen LogP contribution >= 0.6 is 23.1 Å². The average Bonchev–Trinajstić information content (AvgIpc) is 3.40. The van der Waals surface area contributed by atoms with E-state index in [0.717, 1.165) is 16.9 Å². The zero-order valence-corrected chi connectivity index (χ0v) is 24.7. The minimum Gasteiger partial charge on any atom is -0.462 e. The molecule has 2 heterocycles. The van der Waals surface area contributed by atoms with Gasteiger partial charge in [-0.2, -0.15) is 0 Å². The third-order valence-corrected chi connectivity index (χ3v) is 8.27. The number of benzene rings is 1. The maximum Gasteiger partial charge on any atom is 0.341 e. The third kappa shape index (κ3) is 7.12. The van der Waals surface area contributed by atoms with Gasteiger partial charge in [-0.25, -0.2) is 4.79 Å². The van der Waals surface area contributed by atoms with Crippen molar-refractivity contribution < 1.29 is 23.9 Å². The molecule has 0 spiro atoms. The fourth-order valence-corrected chi connectivity index (χ4v) is 5.69. The van der Waals surface area contributed by atoms with Crippen LogP contribution in [0.3, 0.4) is 0 Å². The second-order valence-electron chi connectivity index (χ2n) is 9.33. The highest BCUT2D eigenvalue weighted by Gasteiger charge is 2.27. The number of aryl methyl sites for hydroxylation is 1. The molecule has 2 amide bonds. The second-order valence-corrected chi connectivity index (χ2v) is 11.3. The van der Waals surface area contributed by atoms with Crippen molar-refractivity contribution in [3.63, 3.8) is 0 Å². The van der Waals surface area contributed by atoms with Crippen LogP contribution in [0.1, 0.15) is 81.1 Å². The number of nitrogens with one attached hydrogen (secondary N) is 2. The van der Waals surface area contributed by atoms with Crippen LogP contribution in [-0.4, -0.2) is 50.7 Å². The lowest BCUT2D eigenvalue weighted by molar-refractivity contribution is -0.113. The lowest BCUT2D eigenvalue weighted by Gasteiger charge is -2.21. The van der Waals surface area contributed by atoms with E-state index in [9.17, 15) is 19.2 Å². The first-order chi connectivity index (χ1) is 18.4. The van der Waals surface area contributed by atoms with Crippen molar-refractivity contribution in [2.45, 2.75) is 52.7 Å². The molecular weight excluding hydrogens is 538 g/mol. The molecule has 12 heteroatoms. The Hall–Kier alpha value is -3.51. The van der Waals surface area contributed by atoms with E-state index in [2.05, 4.69) is 20.8 Å². The minimum absolute atomic E-state index is 0.0112. The zero-order chi connectivity index (χ0) is 28.9. The number of anilines is 1. The summed E-state index contributed by atoms with van der Waals surface area (Å²) in [5, 5.41) is 15.1. The van der Waals surface area contributed by atoms with Crippen LogP contribution in [0.25, 0.3) is 0 Å². The van der Waals surface area contributed by atoms with Crippen LogP contribution in [-0.2, 0) is 16.6 Å². The summed E-state index contributed by atoms with van der Waals surface area (Å²) in [5.41, 5.74) is 2.30. The summed E-state index contributed by atoms with van der Waals surface area (Å²) < 4.78 is 6.88. The molecule has 0 radical (unpaired) electrons. The number of carbonyl (C=O) groups is 4. The van der Waals surface area contributed by atoms with E-state index in [4.69, 9.17) is 4.74 Å². The summed E-state index contributed by atoms with van der Waals surface area (Å²) in [7, 11) is 1.78. The molecule has 1 aromatic carbocycles.